The third-order valence-electron chi connectivity index (χ3n) is 3.89. The number of benzene rings is 2. The second-order valence-corrected chi connectivity index (χ2v) is 7.90. The number of rotatable bonds is 4. The Hall–Kier alpha value is -2.02. The molecule has 0 N–H and O–H groups in total. The average molecular weight is 405 g/mol. The van der Waals surface area contributed by atoms with Crippen LogP contribution in [0.25, 0.3) is 6.08 Å². The molecule has 0 unspecified atom stereocenters. The van der Waals surface area contributed by atoms with Crippen LogP contribution < -0.4 is 14.5 Å². The SMILES string of the molecule is COc1ccc(N2C(=O)/C(=C\c3ccc(N(C)C)cc3)SC2=S)cc1Cl. The van der Waals surface area contributed by atoms with E-state index in [9.17, 15) is 4.79 Å². The first-order valence-electron chi connectivity index (χ1n) is 7.79. The molecule has 3 rings (SSSR count). The third-order valence-corrected chi connectivity index (χ3v) is 5.49. The Kier molecular flexibility index (Phi) is 5.55. The van der Waals surface area contributed by atoms with Gasteiger partial charge in [-0.25, -0.2) is 0 Å². The van der Waals surface area contributed by atoms with Crippen LogP contribution >= 0.6 is 35.6 Å². The van der Waals surface area contributed by atoms with Crippen LogP contribution in [-0.4, -0.2) is 31.4 Å². The number of ether oxygens (including phenoxy) is 1. The number of carbonyl (C=O) groups excluding carboxylic acids is 1. The lowest BCUT2D eigenvalue weighted by molar-refractivity contribution is -0.113. The summed E-state index contributed by atoms with van der Waals surface area (Å²) in [7, 11) is 5.52. The smallest absolute Gasteiger partial charge is 0.270 e. The van der Waals surface area contributed by atoms with Gasteiger partial charge in [-0.1, -0.05) is 47.7 Å². The molecule has 0 aromatic heterocycles. The van der Waals surface area contributed by atoms with Crippen LogP contribution in [0.4, 0.5) is 11.4 Å². The monoisotopic (exact) mass is 404 g/mol. The maximum Gasteiger partial charge on any atom is 0.270 e. The Morgan fingerprint density at radius 3 is 2.46 bits per heavy atom. The molecule has 1 saturated heterocycles. The van der Waals surface area contributed by atoms with E-state index in [0.717, 1.165) is 11.3 Å². The van der Waals surface area contributed by atoms with E-state index >= 15 is 0 Å². The molecule has 1 aliphatic heterocycles. The average Bonchev–Trinajstić information content (AvgIpc) is 2.89. The number of halogens is 1. The van der Waals surface area contributed by atoms with E-state index in [-0.39, 0.29) is 5.91 Å². The summed E-state index contributed by atoms with van der Waals surface area (Å²) in [6.45, 7) is 0. The van der Waals surface area contributed by atoms with Crippen molar-refractivity contribution in [3.63, 3.8) is 0 Å². The summed E-state index contributed by atoms with van der Waals surface area (Å²) >= 11 is 12.9. The standard InChI is InChI=1S/C19H17ClN2O2S2/c1-21(2)13-6-4-12(5-7-13)10-17-18(23)22(19(25)26-17)14-8-9-16(24-3)15(20)11-14/h4-11H,1-3H3/b17-10+. The topological polar surface area (TPSA) is 32.8 Å². The van der Waals surface area contributed by atoms with E-state index in [2.05, 4.69) is 0 Å². The fourth-order valence-electron chi connectivity index (χ4n) is 2.50. The Morgan fingerprint density at radius 2 is 1.88 bits per heavy atom. The lowest BCUT2D eigenvalue weighted by Gasteiger charge is -2.15. The number of hydrogen-bond donors (Lipinski definition) is 0. The van der Waals surface area contributed by atoms with E-state index in [1.165, 1.54) is 16.7 Å². The molecule has 0 atom stereocenters. The summed E-state index contributed by atoms with van der Waals surface area (Å²) in [5.74, 6) is 0.398. The summed E-state index contributed by atoms with van der Waals surface area (Å²) in [5, 5.41) is 0.433. The number of thiocarbonyl (C=S) groups is 1. The van der Waals surface area contributed by atoms with Gasteiger partial charge in [0.05, 0.1) is 22.7 Å². The van der Waals surface area contributed by atoms with Crippen LogP contribution in [0.1, 0.15) is 5.56 Å². The van der Waals surface area contributed by atoms with Crippen molar-refractivity contribution in [1.82, 2.24) is 0 Å². The van der Waals surface area contributed by atoms with Gasteiger partial charge < -0.3 is 9.64 Å². The maximum absolute atomic E-state index is 12.8. The summed E-state index contributed by atoms with van der Waals surface area (Å²) in [6, 6.07) is 13.1. The van der Waals surface area contributed by atoms with Gasteiger partial charge in [-0.2, -0.15) is 0 Å². The summed E-state index contributed by atoms with van der Waals surface area (Å²) in [4.78, 5) is 16.9. The highest BCUT2D eigenvalue weighted by Crippen LogP contribution is 2.38. The quantitative estimate of drug-likeness (QED) is 0.539. The van der Waals surface area contributed by atoms with Crippen molar-refractivity contribution in [1.29, 1.82) is 0 Å². The van der Waals surface area contributed by atoms with Crippen molar-refractivity contribution >= 4 is 63.3 Å². The van der Waals surface area contributed by atoms with Crippen LogP contribution in [0.2, 0.25) is 5.02 Å². The van der Waals surface area contributed by atoms with Gasteiger partial charge in [0, 0.05) is 19.8 Å². The summed E-state index contributed by atoms with van der Waals surface area (Å²) < 4.78 is 5.63. The number of hydrogen-bond acceptors (Lipinski definition) is 5. The third kappa shape index (κ3) is 3.72. The number of thioether (sulfide) groups is 1. The molecule has 0 bridgehead atoms. The van der Waals surface area contributed by atoms with Gasteiger partial charge in [-0.15, -0.1) is 0 Å². The zero-order chi connectivity index (χ0) is 18.8. The molecule has 26 heavy (non-hydrogen) atoms. The van der Waals surface area contributed by atoms with Gasteiger partial charge in [0.1, 0.15) is 5.75 Å². The maximum atomic E-state index is 12.8. The molecule has 1 aliphatic rings. The zero-order valence-corrected chi connectivity index (χ0v) is 16.9. The molecule has 1 heterocycles. The number of methoxy groups -OCH3 is 1. The Labute approximate surface area is 167 Å². The summed E-state index contributed by atoms with van der Waals surface area (Å²) in [5.41, 5.74) is 2.68. The minimum Gasteiger partial charge on any atom is -0.495 e. The molecular formula is C19H17ClN2O2S2. The van der Waals surface area contributed by atoms with Gasteiger partial charge in [-0.3, -0.25) is 9.69 Å². The largest absolute Gasteiger partial charge is 0.495 e. The van der Waals surface area contributed by atoms with Crippen LogP contribution in [0.3, 0.4) is 0 Å². The second-order valence-electron chi connectivity index (χ2n) is 5.82. The highest BCUT2D eigenvalue weighted by molar-refractivity contribution is 8.27. The molecule has 1 amide bonds. The molecule has 7 heteroatoms. The van der Waals surface area contributed by atoms with Crippen molar-refractivity contribution < 1.29 is 9.53 Å². The van der Waals surface area contributed by atoms with E-state index in [0.29, 0.717) is 25.7 Å². The van der Waals surface area contributed by atoms with E-state index in [1.54, 1.807) is 25.3 Å². The lowest BCUT2D eigenvalue weighted by Crippen LogP contribution is -2.27. The van der Waals surface area contributed by atoms with Gasteiger partial charge in [0.15, 0.2) is 4.32 Å². The number of carbonyl (C=O) groups is 1. The van der Waals surface area contributed by atoms with Crippen molar-refractivity contribution in [3.8, 4) is 5.75 Å². The van der Waals surface area contributed by atoms with E-state index in [4.69, 9.17) is 28.6 Å². The van der Waals surface area contributed by atoms with Crippen molar-refractivity contribution in [2.75, 3.05) is 31.0 Å². The molecular weight excluding hydrogens is 388 g/mol. The molecule has 0 aliphatic carbocycles. The van der Waals surface area contributed by atoms with Crippen molar-refractivity contribution in [2.24, 2.45) is 0 Å². The first-order chi connectivity index (χ1) is 12.4. The minimum absolute atomic E-state index is 0.155. The van der Waals surface area contributed by atoms with Gasteiger partial charge >= 0.3 is 0 Å². The Morgan fingerprint density at radius 1 is 1.19 bits per heavy atom. The van der Waals surface area contributed by atoms with Crippen LogP contribution in [0.5, 0.6) is 5.75 Å². The molecule has 134 valence electrons. The molecule has 2 aromatic rings. The molecule has 2 aromatic carbocycles. The number of anilines is 2. The predicted molar refractivity (Wildman–Crippen MR) is 114 cm³/mol. The van der Waals surface area contributed by atoms with Crippen molar-refractivity contribution in [2.45, 2.75) is 0 Å². The molecule has 0 saturated carbocycles. The predicted octanol–water partition coefficient (Wildman–Crippen LogP) is 4.82. The molecule has 1 fully saturated rings. The highest BCUT2D eigenvalue weighted by atomic mass is 35.5. The van der Waals surface area contributed by atoms with Gasteiger partial charge in [0.25, 0.3) is 5.91 Å². The number of amides is 1. The Bertz CT molecular complexity index is 895. The normalized spacial score (nSPS) is 15.7. The van der Waals surface area contributed by atoms with Crippen LogP contribution in [0, 0.1) is 0 Å². The highest BCUT2D eigenvalue weighted by Gasteiger charge is 2.33. The fraction of sp³-hybridized carbons (Fsp3) is 0.158. The van der Waals surface area contributed by atoms with Gasteiger partial charge in [-0.05, 0) is 42.0 Å². The van der Waals surface area contributed by atoms with Gasteiger partial charge in [0.2, 0.25) is 0 Å². The van der Waals surface area contributed by atoms with E-state index in [1.807, 2.05) is 49.3 Å². The van der Waals surface area contributed by atoms with Crippen molar-refractivity contribution in [3.05, 3.63) is 58.0 Å². The minimum atomic E-state index is -0.155. The second kappa shape index (κ2) is 7.70. The molecule has 0 radical (unpaired) electrons. The van der Waals surface area contributed by atoms with E-state index < -0.39 is 0 Å². The Balaban J connectivity index is 1.87. The number of nitrogens with zero attached hydrogens (tertiary/aromatic N) is 2. The lowest BCUT2D eigenvalue weighted by atomic mass is 10.2. The zero-order valence-electron chi connectivity index (χ0n) is 14.5. The summed E-state index contributed by atoms with van der Waals surface area (Å²) in [6.07, 6.45) is 1.85. The van der Waals surface area contributed by atoms with Crippen LogP contribution in [-0.2, 0) is 4.79 Å². The first-order valence-corrected chi connectivity index (χ1v) is 9.40. The molecule has 4 nitrogen and oxygen atoms in total. The molecule has 0 spiro atoms. The van der Waals surface area contributed by atoms with Crippen LogP contribution in [0.15, 0.2) is 47.4 Å². The fourth-order valence-corrected chi connectivity index (χ4v) is 4.06. The first kappa shape index (κ1) is 18.8.